The van der Waals surface area contributed by atoms with Crippen LogP contribution in [0.1, 0.15) is 24.5 Å². The molecule has 3 rings (SSSR count). The van der Waals surface area contributed by atoms with Crippen LogP contribution in [-0.2, 0) is 0 Å². The number of anilines is 1. The predicted molar refractivity (Wildman–Crippen MR) is 65.0 cm³/mol. The molecule has 16 heavy (non-hydrogen) atoms. The highest BCUT2D eigenvalue weighted by molar-refractivity contribution is 6.30. The summed E-state index contributed by atoms with van der Waals surface area (Å²) in [5.41, 5.74) is 8.61. The fourth-order valence-corrected chi connectivity index (χ4v) is 1.98. The van der Waals surface area contributed by atoms with Gasteiger partial charge >= 0.3 is 0 Å². The van der Waals surface area contributed by atoms with Crippen molar-refractivity contribution in [2.24, 2.45) is 0 Å². The maximum atomic E-state index is 5.91. The topological polar surface area (TPSA) is 43.8 Å². The van der Waals surface area contributed by atoms with Crippen LogP contribution in [0.4, 0.5) is 5.69 Å². The molecule has 0 amide bonds. The Labute approximate surface area is 98.8 Å². The van der Waals surface area contributed by atoms with Gasteiger partial charge in [0.2, 0.25) is 0 Å². The van der Waals surface area contributed by atoms with Gasteiger partial charge in [0.15, 0.2) is 0 Å². The summed E-state index contributed by atoms with van der Waals surface area (Å²) in [4.78, 5) is 0. The molecule has 1 heterocycles. The molecule has 1 aliphatic carbocycles. The highest BCUT2D eigenvalue weighted by atomic mass is 35.5. The Morgan fingerprint density at radius 2 is 2.12 bits per heavy atom. The monoisotopic (exact) mass is 233 g/mol. The highest BCUT2D eigenvalue weighted by Gasteiger charge is 2.25. The summed E-state index contributed by atoms with van der Waals surface area (Å²) in [5, 5.41) is 5.18. The fraction of sp³-hybridized carbons (Fsp3) is 0.250. The number of halogens is 1. The number of nitrogen functional groups attached to an aromatic ring is 1. The summed E-state index contributed by atoms with van der Waals surface area (Å²) in [6, 6.07) is 7.52. The van der Waals surface area contributed by atoms with Gasteiger partial charge in [-0.25, -0.2) is 4.68 Å². The van der Waals surface area contributed by atoms with Gasteiger partial charge in [-0.05, 0) is 37.1 Å². The molecule has 1 aromatic heterocycles. The van der Waals surface area contributed by atoms with Gasteiger partial charge < -0.3 is 5.73 Å². The second-order valence-electron chi connectivity index (χ2n) is 4.16. The van der Waals surface area contributed by atoms with Crippen molar-refractivity contribution in [1.82, 2.24) is 9.78 Å². The van der Waals surface area contributed by atoms with Crippen molar-refractivity contribution in [1.29, 1.82) is 0 Å². The van der Waals surface area contributed by atoms with Crippen LogP contribution in [-0.4, -0.2) is 9.78 Å². The average molecular weight is 234 g/mol. The summed E-state index contributed by atoms with van der Waals surface area (Å²) >= 11 is 5.86. The normalized spacial score (nSPS) is 15.3. The van der Waals surface area contributed by atoms with Crippen LogP contribution in [0.3, 0.4) is 0 Å². The van der Waals surface area contributed by atoms with Gasteiger partial charge in [0.25, 0.3) is 0 Å². The van der Waals surface area contributed by atoms with E-state index in [4.69, 9.17) is 17.3 Å². The Morgan fingerprint density at radius 3 is 2.81 bits per heavy atom. The van der Waals surface area contributed by atoms with Crippen molar-refractivity contribution in [3.05, 3.63) is 41.2 Å². The Kier molecular flexibility index (Phi) is 2.14. The number of hydrogen-bond acceptors (Lipinski definition) is 2. The number of nitrogens with zero attached hydrogens (tertiary/aromatic N) is 2. The Morgan fingerprint density at radius 1 is 1.31 bits per heavy atom. The predicted octanol–water partition coefficient (Wildman–Crippen LogP) is 2.99. The molecule has 0 unspecified atom stereocenters. The average Bonchev–Trinajstić information content (AvgIpc) is 2.98. The fourth-order valence-electron chi connectivity index (χ4n) is 1.80. The standard InChI is InChI=1S/C12H12ClN3/c13-9-3-4-12(10(14)7-9)16-6-5-11(15-16)8-1-2-8/h3-8H,1-2,14H2. The van der Waals surface area contributed by atoms with E-state index in [1.165, 1.54) is 12.8 Å². The number of nitrogens with two attached hydrogens (primary N) is 1. The molecule has 0 radical (unpaired) electrons. The van der Waals surface area contributed by atoms with Crippen molar-refractivity contribution < 1.29 is 0 Å². The minimum absolute atomic E-state index is 0.649. The third-order valence-corrected chi connectivity index (χ3v) is 3.08. The molecule has 3 nitrogen and oxygen atoms in total. The van der Waals surface area contributed by atoms with Gasteiger partial charge in [0, 0.05) is 17.1 Å². The molecule has 1 aliphatic rings. The van der Waals surface area contributed by atoms with E-state index < -0.39 is 0 Å². The van der Waals surface area contributed by atoms with E-state index in [1.54, 1.807) is 6.07 Å². The maximum absolute atomic E-state index is 5.91. The zero-order valence-electron chi connectivity index (χ0n) is 8.73. The Bertz CT molecular complexity index is 529. The number of aromatic nitrogens is 2. The summed E-state index contributed by atoms with van der Waals surface area (Å²) in [5.74, 6) is 0.662. The molecule has 1 aromatic carbocycles. The molecular formula is C12H12ClN3. The van der Waals surface area contributed by atoms with Gasteiger partial charge in [-0.1, -0.05) is 11.6 Å². The lowest BCUT2D eigenvalue weighted by Crippen LogP contribution is -2.00. The molecule has 4 heteroatoms. The lowest BCUT2D eigenvalue weighted by molar-refractivity contribution is 0.839. The molecule has 0 atom stereocenters. The van der Waals surface area contributed by atoms with E-state index in [2.05, 4.69) is 11.2 Å². The Hall–Kier alpha value is -1.48. The summed E-state index contributed by atoms with van der Waals surface area (Å²) < 4.78 is 1.82. The largest absolute Gasteiger partial charge is 0.397 e. The van der Waals surface area contributed by atoms with Crippen molar-refractivity contribution in [2.45, 2.75) is 18.8 Å². The van der Waals surface area contributed by atoms with Crippen LogP contribution in [0.15, 0.2) is 30.5 Å². The highest BCUT2D eigenvalue weighted by Crippen LogP contribution is 2.39. The summed E-state index contributed by atoms with van der Waals surface area (Å²) in [7, 11) is 0. The first-order valence-corrected chi connectivity index (χ1v) is 5.73. The zero-order valence-corrected chi connectivity index (χ0v) is 9.48. The smallest absolute Gasteiger partial charge is 0.0875 e. The molecule has 0 bridgehead atoms. The quantitative estimate of drug-likeness (QED) is 0.811. The van der Waals surface area contributed by atoms with Crippen LogP contribution >= 0.6 is 11.6 Å². The lowest BCUT2D eigenvalue weighted by atomic mass is 10.3. The van der Waals surface area contributed by atoms with E-state index in [1.807, 2.05) is 23.0 Å². The van der Waals surface area contributed by atoms with Gasteiger partial charge in [0.05, 0.1) is 17.1 Å². The first kappa shape index (κ1) is 9.73. The molecule has 2 aromatic rings. The molecular weight excluding hydrogens is 222 g/mol. The SMILES string of the molecule is Nc1cc(Cl)ccc1-n1ccc(C2CC2)n1. The molecule has 2 N–H and O–H groups in total. The molecule has 0 aliphatic heterocycles. The summed E-state index contributed by atoms with van der Waals surface area (Å²) in [6.07, 6.45) is 4.47. The van der Waals surface area contributed by atoms with Crippen molar-refractivity contribution in [3.8, 4) is 5.69 Å². The summed E-state index contributed by atoms with van der Waals surface area (Å²) in [6.45, 7) is 0. The van der Waals surface area contributed by atoms with E-state index in [0.717, 1.165) is 11.4 Å². The first-order chi connectivity index (χ1) is 7.74. The minimum Gasteiger partial charge on any atom is -0.397 e. The molecule has 1 saturated carbocycles. The van der Waals surface area contributed by atoms with Crippen LogP contribution in [0.25, 0.3) is 5.69 Å². The minimum atomic E-state index is 0.649. The first-order valence-electron chi connectivity index (χ1n) is 5.35. The third-order valence-electron chi connectivity index (χ3n) is 2.84. The van der Waals surface area contributed by atoms with Crippen molar-refractivity contribution in [2.75, 3.05) is 5.73 Å². The van der Waals surface area contributed by atoms with E-state index >= 15 is 0 Å². The number of benzene rings is 1. The Balaban J connectivity index is 2.00. The number of hydrogen-bond donors (Lipinski definition) is 1. The molecule has 1 fully saturated rings. The van der Waals surface area contributed by atoms with Crippen LogP contribution in [0.2, 0.25) is 5.02 Å². The van der Waals surface area contributed by atoms with E-state index in [9.17, 15) is 0 Å². The zero-order chi connectivity index (χ0) is 11.1. The van der Waals surface area contributed by atoms with Crippen LogP contribution in [0, 0.1) is 0 Å². The molecule has 0 spiro atoms. The van der Waals surface area contributed by atoms with Gasteiger partial charge in [-0.3, -0.25) is 0 Å². The second-order valence-corrected chi connectivity index (χ2v) is 4.60. The van der Waals surface area contributed by atoms with Gasteiger partial charge in [-0.2, -0.15) is 5.10 Å². The lowest BCUT2D eigenvalue weighted by Gasteiger charge is -2.05. The number of rotatable bonds is 2. The van der Waals surface area contributed by atoms with E-state index in [-0.39, 0.29) is 0 Å². The van der Waals surface area contributed by atoms with Crippen LogP contribution in [0.5, 0.6) is 0 Å². The van der Waals surface area contributed by atoms with Crippen molar-refractivity contribution >= 4 is 17.3 Å². The maximum Gasteiger partial charge on any atom is 0.0875 e. The molecule has 0 saturated heterocycles. The van der Waals surface area contributed by atoms with E-state index in [0.29, 0.717) is 16.6 Å². The van der Waals surface area contributed by atoms with Gasteiger partial charge in [-0.15, -0.1) is 0 Å². The second kappa shape index (κ2) is 3.52. The molecule has 82 valence electrons. The van der Waals surface area contributed by atoms with Crippen molar-refractivity contribution in [3.63, 3.8) is 0 Å². The van der Waals surface area contributed by atoms with Gasteiger partial charge in [0.1, 0.15) is 0 Å². The third kappa shape index (κ3) is 1.67. The van der Waals surface area contributed by atoms with Crippen LogP contribution < -0.4 is 5.73 Å².